The van der Waals surface area contributed by atoms with Crippen LogP contribution in [-0.4, -0.2) is 22.4 Å². The molecule has 1 aromatic rings. The van der Waals surface area contributed by atoms with Crippen LogP contribution in [0.3, 0.4) is 0 Å². The van der Waals surface area contributed by atoms with Crippen LogP contribution in [0, 0.1) is 19.8 Å². The molecule has 17 heavy (non-hydrogen) atoms. The fourth-order valence-corrected chi connectivity index (χ4v) is 1.77. The van der Waals surface area contributed by atoms with Gasteiger partial charge < -0.3 is 14.9 Å². The smallest absolute Gasteiger partial charge is 0.138 e. The quantitative estimate of drug-likeness (QED) is 0.829. The zero-order chi connectivity index (χ0) is 13.2. The monoisotopic (exact) mass is 240 g/mol. The fourth-order valence-electron chi connectivity index (χ4n) is 1.77. The van der Waals surface area contributed by atoms with Gasteiger partial charge in [-0.25, -0.2) is 0 Å². The van der Waals surface area contributed by atoms with E-state index in [1.807, 2.05) is 34.6 Å². The minimum atomic E-state index is -0.701. The molecule has 1 rings (SSSR count). The molecular weight excluding hydrogens is 216 g/mol. The number of rotatable bonds is 5. The molecule has 4 heteroatoms. The van der Waals surface area contributed by atoms with E-state index in [-0.39, 0.29) is 12.0 Å². The number of hydrogen-bond donors (Lipinski definition) is 2. The number of aliphatic hydroxyl groups is 1. The lowest BCUT2D eigenvalue weighted by Gasteiger charge is -2.29. The van der Waals surface area contributed by atoms with E-state index in [9.17, 15) is 5.11 Å². The summed E-state index contributed by atoms with van der Waals surface area (Å²) in [5, 5.41) is 17.5. The largest absolute Gasteiger partial charge is 0.389 e. The molecule has 2 N–H and O–H groups in total. The highest BCUT2D eigenvalue weighted by molar-refractivity contribution is 5.24. The lowest BCUT2D eigenvalue weighted by Crippen LogP contribution is -2.43. The molecule has 0 fully saturated rings. The second-order valence-electron chi connectivity index (χ2n) is 5.35. The maximum atomic E-state index is 10.2. The first-order valence-electron chi connectivity index (χ1n) is 6.14. The second kappa shape index (κ2) is 5.19. The van der Waals surface area contributed by atoms with Crippen LogP contribution in [0.2, 0.25) is 0 Å². The first-order chi connectivity index (χ1) is 7.75. The van der Waals surface area contributed by atoms with Gasteiger partial charge in [0.2, 0.25) is 0 Å². The zero-order valence-corrected chi connectivity index (χ0v) is 11.7. The van der Waals surface area contributed by atoms with Crippen LogP contribution in [0.1, 0.15) is 50.8 Å². The highest BCUT2D eigenvalue weighted by Gasteiger charge is 2.26. The molecule has 0 aliphatic carbocycles. The molecule has 0 radical (unpaired) electrons. The Morgan fingerprint density at radius 2 is 1.94 bits per heavy atom. The molecule has 0 aliphatic rings. The van der Waals surface area contributed by atoms with E-state index in [1.165, 1.54) is 0 Å². The molecule has 0 amide bonds. The summed E-state index contributed by atoms with van der Waals surface area (Å²) in [6.07, 6.45) is 0. The van der Waals surface area contributed by atoms with E-state index in [0.717, 1.165) is 17.0 Å². The summed E-state index contributed by atoms with van der Waals surface area (Å²) in [5.74, 6) is 1.05. The third-order valence-corrected chi connectivity index (χ3v) is 3.53. The summed E-state index contributed by atoms with van der Waals surface area (Å²) in [6.45, 7) is 12.3. The highest BCUT2D eigenvalue weighted by Crippen LogP contribution is 2.22. The summed E-state index contributed by atoms with van der Waals surface area (Å²) in [4.78, 5) is 0. The van der Waals surface area contributed by atoms with Crippen molar-refractivity contribution in [3.63, 3.8) is 0 Å². The van der Waals surface area contributed by atoms with Crippen molar-refractivity contribution >= 4 is 0 Å². The molecule has 4 nitrogen and oxygen atoms in total. The lowest BCUT2D eigenvalue weighted by molar-refractivity contribution is 0.0121. The Hall–Kier alpha value is -0.870. The topological polar surface area (TPSA) is 58.3 Å². The summed E-state index contributed by atoms with van der Waals surface area (Å²) >= 11 is 0. The molecule has 1 aromatic heterocycles. The van der Waals surface area contributed by atoms with Crippen molar-refractivity contribution in [2.75, 3.05) is 6.54 Å². The third-order valence-electron chi connectivity index (χ3n) is 3.53. The molecule has 0 saturated heterocycles. The number of nitrogens with one attached hydrogen (secondary N) is 1. The van der Waals surface area contributed by atoms with Crippen LogP contribution in [-0.2, 0) is 0 Å². The fraction of sp³-hybridized carbons (Fsp3) is 0.769. The predicted octanol–water partition coefficient (Wildman–Crippen LogP) is 2.35. The minimum absolute atomic E-state index is 0.131. The number of hydrogen-bond acceptors (Lipinski definition) is 4. The number of aromatic nitrogens is 1. The van der Waals surface area contributed by atoms with Crippen molar-refractivity contribution in [3.05, 3.63) is 17.0 Å². The van der Waals surface area contributed by atoms with Crippen LogP contribution < -0.4 is 5.32 Å². The summed E-state index contributed by atoms with van der Waals surface area (Å²) < 4.78 is 5.14. The van der Waals surface area contributed by atoms with Crippen molar-refractivity contribution in [3.8, 4) is 0 Å². The predicted molar refractivity (Wildman–Crippen MR) is 67.9 cm³/mol. The van der Waals surface area contributed by atoms with Gasteiger partial charge in [-0.1, -0.05) is 19.0 Å². The van der Waals surface area contributed by atoms with Gasteiger partial charge in [0.25, 0.3) is 0 Å². The van der Waals surface area contributed by atoms with Crippen molar-refractivity contribution in [1.29, 1.82) is 0 Å². The standard InChI is InChI=1S/C13H24N2O2/c1-8(2)13(6,16)7-14-9(3)12-10(4)15-17-11(12)5/h8-9,14,16H,7H2,1-6H3. The van der Waals surface area contributed by atoms with E-state index >= 15 is 0 Å². The zero-order valence-electron chi connectivity index (χ0n) is 11.7. The lowest BCUT2D eigenvalue weighted by atomic mass is 9.92. The molecule has 98 valence electrons. The minimum Gasteiger partial charge on any atom is -0.389 e. The second-order valence-corrected chi connectivity index (χ2v) is 5.35. The molecule has 0 saturated carbocycles. The Morgan fingerprint density at radius 1 is 1.35 bits per heavy atom. The van der Waals surface area contributed by atoms with Gasteiger partial charge in [-0.05, 0) is 33.6 Å². The van der Waals surface area contributed by atoms with Crippen molar-refractivity contribution in [2.24, 2.45) is 5.92 Å². The highest BCUT2D eigenvalue weighted by atomic mass is 16.5. The summed E-state index contributed by atoms with van der Waals surface area (Å²) in [5.41, 5.74) is 1.30. The van der Waals surface area contributed by atoms with E-state index < -0.39 is 5.60 Å². The summed E-state index contributed by atoms with van der Waals surface area (Å²) in [7, 11) is 0. The molecule has 0 bridgehead atoms. The van der Waals surface area contributed by atoms with Crippen LogP contribution in [0.15, 0.2) is 4.52 Å². The van der Waals surface area contributed by atoms with E-state index in [1.54, 1.807) is 0 Å². The van der Waals surface area contributed by atoms with Crippen LogP contribution >= 0.6 is 0 Å². The Balaban J connectivity index is 2.65. The molecule has 0 aliphatic heterocycles. The molecular formula is C13H24N2O2. The van der Waals surface area contributed by atoms with Gasteiger partial charge in [0.1, 0.15) is 5.76 Å². The van der Waals surface area contributed by atoms with Gasteiger partial charge in [-0.15, -0.1) is 0 Å². The van der Waals surface area contributed by atoms with Crippen LogP contribution in [0.25, 0.3) is 0 Å². The van der Waals surface area contributed by atoms with Gasteiger partial charge in [-0.2, -0.15) is 0 Å². The van der Waals surface area contributed by atoms with Crippen molar-refractivity contribution in [1.82, 2.24) is 10.5 Å². The van der Waals surface area contributed by atoms with Crippen LogP contribution in [0.4, 0.5) is 0 Å². The Morgan fingerprint density at radius 3 is 2.35 bits per heavy atom. The first-order valence-corrected chi connectivity index (χ1v) is 6.14. The summed E-state index contributed by atoms with van der Waals surface area (Å²) in [6, 6.07) is 0.131. The van der Waals surface area contributed by atoms with Gasteiger partial charge >= 0.3 is 0 Å². The maximum Gasteiger partial charge on any atom is 0.138 e. The van der Waals surface area contributed by atoms with Gasteiger partial charge in [0, 0.05) is 18.2 Å². The van der Waals surface area contributed by atoms with Crippen LogP contribution in [0.5, 0.6) is 0 Å². The molecule has 2 unspecified atom stereocenters. The van der Waals surface area contributed by atoms with E-state index in [4.69, 9.17) is 4.52 Å². The normalized spacial score (nSPS) is 17.2. The van der Waals surface area contributed by atoms with E-state index in [0.29, 0.717) is 6.54 Å². The molecule has 0 aromatic carbocycles. The Bertz CT molecular complexity index is 350. The Kier molecular flexibility index (Phi) is 4.33. The van der Waals surface area contributed by atoms with Gasteiger partial charge in [-0.3, -0.25) is 0 Å². The molecule has 0 spiro atoms. The molecule has 1 heterocycles. The SMILES string of the molecule is Cc1noc(C)c1C(C)NCC(C)(O)C(C)C. The molecule has 2 atom stereocenters. The number of aryl methyl sites for hydroxylation is 2. The third kappa shape index (κ3) is 3.30. The van der Waals surface area contributed by atoms with Gasteiger partial charge in [0.05, 0.1) is 11.3 Å². The van der Waals surface area contributed by atoms with Crippen molar-refractivity contribution < 1.29 is 9.63 Å². The average Bonchev–Trinajstić information content (AvgIpc) is 2.55. The maximum absolute atomic E-state index is 10.2. The van der Waals surface area contributed by atoms with E-state index in [2.05, 4.69) is 17.4 Å². The first kappa shape index (κ1) is 14.2. The van der Waals surface area contributed by atoms with Gasteiger partial charge in [0.15, 0.2) is 0 Å². The van der Waals surface area contributed by atoms with Crippen molar-refractivity contribution in [2.45, 2.75) is 53.2 Å². The average molecular weight is 240 g/mol. The number of nitrogens with zero attached hydrogens (tertiary/aromatic N) is 1. The Labute approximate surface area is 103 Å².